The molecule has 0 saturated heterocycles. The highest BCUT2D eigenvalue weighted by atomic mass is 32.2. The zero-order valence-corrected chi connectivity index (χ0v) is 21.1. The fourth-order valence-corrected chi connectivity index (χ4v) is 5.73. The molecule has 4 aromatic rings. The van der Waals surface area contributed by atoms with Crippen LogP contribution in [0.2, 0.25) is 0 Å². The van der Waals surface area contributed by atoms with Crippen LogP contribution in [0.3, 0.4) is 0 Å². The molecule has 0 radical (unpaired) electrons. The zero-order valence-electron chi connectivity index (χ0n) is 20.2. The smallest absolute Gasteiger partial charge is 0.408 e. The summed E-state index contributed by atoms with van der Waals surface area (Å²) in [4.78, 5) is 25.3. The summed E-state index contributed by atoms with van der Waals surface area (Å²) >= 11 is 1.55. The number of benzene rings is 4. The minimum Gasteiger partial charge on any atom is -0.445 e. The molecule has 37 heavy (non-hydrogen) atoms. The van der Waals surface area contributed by atoms with Crippen LogP contribution in [0.4, 0.5) is 4.79 Å². The van der Waals surface area contributed by atoms with Gasteiger partial charge in [-0.05, 0) is 22.3 Å². The van der Waals surface area contributed by atoms with Crippen LogP contribution in [-0.4, -0.2) is 23.8 Å². The summed E-state index contributed by atoms with van der Waals surface area (Å²) in [6, 6.07) is 38.8. The molecule has 0 fully saturated rings. The fraction of sp³-hybridized carbons (Fsp3) is 0.133. The Bertz CT molecular complexity index is 1180. The predicted molar refractivity (Wildman–Crippen MR) is 148 cm³/mol. The summed E-state index contributed by atoms with van der Waals surface area (Å²) in [5, 5.41) is 2.69. The van der Waals surface area contributed by atoms with Crippen molar-refractivity contribution in [3.63, 3.8) is 0 Å². The molecule has 188 valence electrons. The summed E-state index contributed by atoms with van der Waals surface area (Å²) < 4.78 is 4.71. The molecule has 0 aromatic heterocycles. The predicted octanol–water partition coefficient (Wildman–Crippen LogP) is 5.00. The topological polar surface area (TPSA) is 93.5 Å². The maximum atomic E-state index is 12.7. The van der Waals surface area contributed by atoms with Gasteiger partial charge in [0.1, 0.15) is 12.6 Å². The van der Waals surface area contributed by atoms with Crippen molar-refractivity contribution in [2.75, 3.05) is 5.75 Å². The molecule has 2 amide bonds. The van der Waals surface area contributed by atoms with Gasteiger partial charge in [-0.3, -0.25) is 10.2 Å². The molecule has 0 saturated carbocycles. The second-order valence-corrected chi connectivity index (χ2v) is 9.59. The highest BCUT2D eigenvalue weighted by Crippen LogP contribution is 2.48. The number of rotatable bonds is 10. The molecule has 0 bridgehead atoms. The van der Waals surface area contributed by atoms with Gasteiger partial charge >= 0.3 is 6.09 Å². The minimum atomic E-state index is -0.922. The van der Waals surface area contributed by atoms with Crippen LogP contribution in [0.1, 0.15) is 22.3 Å². The standard InChI is InChI=1S/C30H29N3O3S/c31-33-28(34)27(32-29(35)36-21-23-13-5-1-6-14-23)22-37-30(24-15-7-2-8-16-24,25-17-9-3-10-18-25)26-19-11-4-12-20-26/h1-20,27H,21-22,31H2,(H,32,35)(H,33,34)/t27-/m1/s1. The first kappa shape index (κ1) is 26.0. The third kappa shape index (κ3) is 6.39. The number of alkyl carbamates (subject to hydrolysis) is 1. The fourth-order valence-electron chi connectivity index (χ4n) is 4.17. The van der Waals surface area contributed by atoms with Gasteiger partial charge in [-0.2, -0.15) is 0 Å². The van der Waals surface area contributed by atoms with Gasteiger partial charge < -0.3 is 10.1 Å². The molecule has 0 aliphatic heterocycles. The monoisotopic (exact) mass is 511 g/mol. The molecule has 0 aliphatic rings. The number of carbonyl (C=O) groups is 2. The number of thioether (sulfide) groups is 1. The van der Waals surface area contributed by atoms with E-state index in [1.807, 2.05) is 84.9 Å². The van der Waals surface area contributed by atoms with Crippen LogP contribution in [0.5, 0.6) is 0 Å². The number of ether oxygens (including phenoxy) is 1. The first-order chi connectivity index (χ1) is 18.1. The maximum absolute atomic E-state index is 12.7. The molecule has 0 spiro atoms. The van der Waals surface area contributed by atoms with Crippen molar-refractivity contribution in [3.05, 3.63) is 144 Å². The van der Waals surface area contributed by atoms with E-state index in [0.29, 0.717) is 0 Å². The molecule has 0 unspecified atom stereocenters. The number of nitrogens with two attached hydrogens (primary N) is 1. The normalized spacial score (nSPS) is 11.8. The number of amides is 2. The molecule has 4 aromatic carbocycles. The molecule has 0 aliphatic carbocycles. The van der Waals surface area contributed by atoms with Crippen molar-refractivity contribution < 1.29 is 14.3 Å². The Morgan fingerprint density at radius 2 is 1.16 bits per heavy atom. The third-order valence-electron chi connectivity index (χ3n) is 5.97. The van der Waals surface area contributed by atoms with Gasteiger partial charge in [0, 0.05) is 5.75 Å². The number of hydrogen-bond acceptors (Lipinski definition) is 5. The summed E-state index contributed by atoms with van der Waals surface area (Å²) in [5.74, 6) is 5.22. The van der Waals surface area contributed by atoms with Crippen molar-refractivity contribution in [2.24, 2.45) is 5.84 Å². The van der Waals surface area contributed by atoms with Crippen LogP contribution in [0, 0.1) is 0 Å². The molecule has 0 heterocycles. The Labute approximate surface area is 221 Å². The van der Waals surface area contributed by atoms with Crippen molar-refractivity contribution in [2.45, 2.75) is 17.4 Å². The Hall–Kier alpha value is -4.07. The third-order valence-corrected chi connectivity index (χ3v) is 7.61. The van der Waals surface area contributed by atoms with Gasteiger partial charge in [0.15, 0.2) is 0 Å². The van der Waals surface area contributed by atoms with Crippen molar-refractivity contribution in [1.82, 2.24) is 10.7 Å². The molecule has 7 heteroatoms. The summed E-state index contributed by atoms with van der Waals surface area (Å²) in [7, 11) is 0. The molecule has 4 N–H and O–H groups in total. The van der Waals surface area contributed by atoms with Gasteiger partial charge in [-0.25, -0.2) is 10.6 Å². The van der Waals surface area contributed by atoms with E-state index in [0.717, 1.165) is 22.3 Å². The van der Waals surface area contributed by atoms with E-state index in [1.165, 1.54) is 0 Å². The van der Waals surface area contributed by atoms with E-state index in [9.17, 15) is 9.59 Å². The number of hydrogen-bond donors (Lipinski definition) is 3. The highest BCUT2D eigenvalue weighted by molar-refractivity contribution is 8.00. The minimum absolute atomic E-state index is 0.0960. The van der Waals surface area contributed by atoms with Crippen molar-refractivity contribution in [1.29, 1.82) is 0 Å². The number of nitrogens with one attached hydrogen (secondary N) is 2. The largest absolute Gasteiger partial charge is 0.445 e. The Morgan fingerprint density at radius 3 is 1.59 bits per heavy atom. The maximum Gasteiger partial charge on any atom is 0.408 e. The van der Waals surface area contributed by atoms with Gasteiger partial charge in [0.05, 0.1) is 4.75 Å². The lowest BCUT2D eigenvalue weighted by atomic mass is 9.84. The lowest BCUT2D eigenvalue weighted by molar-refractivity contribution is -0.122. The molecule has 6 nitrogen and oxygen atoms in total. The SMILES string of the molecule is NNC(=O)[C@@H](CSC(c1ccccc1)(c1ccccc1)c1ccccc1)NC(=O)OCc1ccccc1. The Balaban J connectivity index is 1.63. The van der Waals surface area contributed by atoms with Crippen LogP contribution in [-0.2, 0) is 20.9 Å². The van der Waals surface area contributed by atoms with Crippen LogP contribution in [0.15, 0.2) is 121 Å². The second kappa shape index (κ2) is 12.8. The second-order valence-electron chi connectivity index (χ2n) is 8.36. The van der Waals surface area contributed by atoms with E-state index in [1.54, 1.807) is 11.8 Å². The first-order valence-electron chi connectivity index (χ1n) is 11.9. The molecule has 1 atom stereocenters. The molecular weight excluding hydrogens is 482 g/mol. The average Bonchev–Trinajstić information content (AvgIpc) is 2.97. The summed E-state index contributed by atoms with van der Waals surface area (Å²) in [5.41, 5.74) is 6.18. The lowest BCUT2D eigenvalue weighted by Gasteiger charge is -2.36. The van der Waals surface area contributed by atoms with E-state index < -0.39 is 22.8 Å². The number of carbonyl (C=O) groups excluding carboxylic acids is 2. The summed E-state index contributed by atoms with van der Waals surface area (Å²) in [6.07, 6.45) is -0.692. The van der Waals surface area contributed by atoms with Gasteiger partial charge in [0.2, 0.25) is 0 Å². The Morgan fingerprint density at radius 1 is 0.730 bits per heavy atom. The van der Waals surface area contributed by atoms with Gasteiger partial charge in [-0.1, -0.05) is 121 Å². The number of hydrazine groups is 1. The van der Waals surface area contributed by atoms with Crippen LogP contribution in [0.25, 0.3) is 0 Å². The molecular formula is C30H29N3O3S. The highest BCUT2D eigenvalue weighted by Gasteiger charge is 2.38. The van der Waals surface area contributed by atoms with E-state index >= 15 is 0 Å². The van der Waals surface area contributed by atoms with Crippen molar-refractivity contribution >= 4 is 23.8 Å². The van der Waals surface area contributed by atoms with Crippen LogP contribution < -0.4 is 16.6 Å². The van der Waals surface area contributed by atoms with E-state index in [4.69, 9.17) is 10.6 Å². The van der Waals surface area contributed by atoms with E-state index in [2.05, 4.69) is 47.1 Å². The molecule has 4 rings (SSSR count). The zero-order chi connectivity index (χ0) is 25.9. The van der Waals surface area contributed by atoms with E-state index in [-0.39, 0.29) is 12.4 Å². The quantitative estimate of drug-likeness (QED) is 0.121. The summed E-state index contributed by atoms with van der Waals surface area (Å²) in [6.45, 7) is 0.0960. The van der Waals surface area contributed by atoms with Gasteiger partial charge in [0.25, 0.3) is 5.91 Å². The van der Waals surface area contributed by atoms with Crippen molar-refractivity contribution in [3.8, 4) is 0 Å². The van der Waals surface area contributed by atoms with Gasteiger partial charge in [-0.15, -0.1) is 11.8 Å². The Kier molecular flexibility index (Phi) is 8.97. The van der Waals surface area contributed by atoms with Crippen LogP contribution >= 0.6 is 11.8 Å². The average molecular weight is 512 g/mol. The lowest BCUT2D eigenvalue weighted by Crippen LogP contribution is -2.51. The first-order valence-corrected chi connectivity index (χ1v) is 12.9.